The van der Waals surface area contributed by atoms with Crippen molar-refractivity contribution in [1.29, 1.82) is 0 Å². The number of carbonyl (C=O) groups is 1. The molecule has 1 saturated heterocycles. The van der Waals surface area contributed by atoms with Crippen LogP contribution in [0.25, 0.3) is 11.2 Å². The first-order valence-electron chi connectivity index (χ1n) is 7.69. The molecule has 25 heavy (non-hydrogen) atoms. The van der Waals surface area contributed by atoms with Gasteiger partial charge in [0, 0.05) is 12.8 Å². The maximum atomic E-state index is 11.5. The SMILES string of the molecule is C#CCOCC1O[C@@H](n2cnc3c(Cl)ncnc32)[C@H](C)[C@@H]1OC(C)=O. The van der Waals surface area contributed by atoms with Crippen LogP contribution in [0.5, 0.6) is 0 Å². The molecular weight excluding hydrogens is 348 g/mol. The third kappa shape index (κ3) is 3.44. The van der Waals surface area contributed by atoms with E-state index >= 15 is 0 Å². The summed E-state index contributed by atoms with van der Waals surface area (Å²) in [5.74, 6) is 1.85. The van der Waals surface area contributed by atoms with Crippen molar-refractivity contribution in [3.05, 3.63) is 17.8 Å². The zero-order valence-electron chi connectivity index (χ0n) is 13.8. The summed E-state index contributed by atoms with van der Waals surface area (Å²) in [5, 5.41) is 0.264. The Kier molecular flexibility index (Phi) is 5.18. The Bertz CT molecular complexity index is 818. The molecule has 0 amide bonds. The third-order valence-corrected chi connectivity index (χ3v) is 4.28. The highest BCUT2D eigenvalue weighted by Crippen LogP contribution is 2.38. The van der Waals surface area contributed by atoms with Gasteiger partial charge in [-0.1, -0.05) is 24.4 Å². The van der Waals surface area contributed by atoms with E-state index in [4.69, 9.17) is 32.2 Å². The van der Waals surface area contributed by atoms with Gasteiger partial charge in [-0.2, -0.15) is 0 Å². The molecule has 0 radical (unpaired) electrons. The molecule has 0 N–H and O–H groups in total. The van der Waals surface area contributed by atoms with Crippen LogP contribution >= 0.6 is 11.6 Å². The molecule has 1 unspecified atom stereocenters. The molecule has 132 valence electrons. The van der Waals surface area contributed by atoms with Crippen molar-refractivity contribution in [1.82, 2.24) is 19.5 Å². The maximum absolute atomic E-state index is 11.5. The summed E-state index contributed by atoms with van der Waals surface area (Å²) in [5.41, 5.74) is 1.03. The van der Waals surface area contributed by atoms with Crippen molar-refractivity contribution < 1.29 is 19.0 Å². The molecule has 0 saturated carbocycles. The van der Waals surface area contributed by atoms with Crippen LogP contribution in [0.4, 0.5) is 0 Å². The Morgan fingerprint density at radius 2 is 2.28 bits per heavy atom. The van der Waals surface area contributed by atoms with Gasteiger partial charge in [-0.05, 0) is 0 Å². The van der Waals surface area contributed by atoms with E-state index in [-0.39, 0.29) is 30.3 Å². The monoisotopic (exact) mass is 364 g/mol. The van der Waals surface area contributed by atoms with Crippen LogP contribution in [0.3, 0.4) is 0 Å². The number of esters is 1. The van der Waals surface area contributed by atoms with E-state index in [1.165, 1.54) is 13.3 Å². The Morgan fingerprint density at radius 3 is 3.00 bits per heavy atom. The summed E-state index contributed by atoms with van der Waals surface area (Å²) in [7, 11) is 0. The topological polar surface area (TPSA) is 88.4 Å². The average Bonchev–Trinajstić information content (AvgIpc) is 3.12. The van der Waals surface area contributed by atoms with Crippen molar-refractivity contribution in [2.75, 3.05) is 13.2 Å². The molecule has 0 bridgehead atoms. The molecule has 0 aromatic carbocycles. The van der Waals surface area contributed by atoms with E-state index in [1.54, 1.807) is 10.9 Å². The van der Waals surface area contributed by atoms with E-state index in [1.807, 2.05) is 6.92 Å². The second-order valence-corrected chi connectivity index (χ2v) is 6.06. The van der Waals surface area contributed by atoms with Crippen molar-refractivity contribution in [2.45, 2.75) is 32.3 Å². The van der Waals surface area contributed by atoms with Gasteiger partial charge in [0.05, 0.1) is 12.9 Å². The standard InChI is InChI=1S/C16H17ClN4O4/c1-4-5-23-6-11-13(24-10(3)22)9(2)16(25-11)21-8-20-12-14(17)18-7-19-15(12)21/h1,7-9,11,13,16H,5-6H2,2-3H3/t9-,11?,13+,16-/m1/s1. The van der Waals surface area contributed by atoms with Crippen LogP contribution < -0.4 is 0 Å². The molecule has 8 nitrogen and oxygen atoms in total. The summed E-state index contributed by atoms with van der Waals surface area (Å²) in [4.78, 5) is 23.8. The summed E-state index contributed by atoms with van der Waals surface area (Å²) >= 11 is 6.05. The van der Waals surface area contributed by atoms with Crippen LogP contribution in [0.2, 0.25) is 5.15 Å². The lowest BCUT2D eigenvalue weighted by atomic mass is 10.0. The number of halogens is 1. The van der Waals surface area contributed by atoms with Crippen molar-refractivity contribution in [3.63, 3.8) is 0 Å². The van der Waals surface area contributed by atoms with E-state index in [0.717, 1.165) is 0 Å². The minimum atomic E-state index is -0.477. The van der Waals surface area contributed by atoms with Gasteiger partial charge in [-0.15, -0.1) is 6.42 Å². The smallest absolute Gasteiger partial charge is 0.303 e. The molecule has 4 atom stereocenters. The number of nitrogens with zero attached hydrogens (tertiary/aromatic N) is 4. The van der Waals surface area contributed by atoms with Gasteiger partial charge in [0.1, 0.15) is 36.9 Å². The highest BCUT2D eigenvalue weighted by molar-refractivity contribution is 6.33. The first kappa shape index (κ1) is 17.6. The van der Waals surface area contributed by atoms with E-state index in [9.17, 15) is 4.79 Å². The molecule has 3 heterocycles. The van der Waals surface area contributed by atoms with E-state index < -0.39 is 18.4 Å². The van der Waals surface area contributed by atoms with Crippen LogP contribution in [-0.2, 0) is 19.0 Å². The second kappa shape index (κ2) is 7.35. The molecule has 9 heteroatoms. The number of hydrogen-bond acceptors (Lipinski definition) is 7. The fraction of sp³-hybridized carbons (Fsp3) is 0.500. The number of ether oxygens (including phenoxy) is 3. The first-order valence-corrected chi connectivity index (χ1v) is 8.07. The van der Waals surface area contributed by atoms with Crippen molar-refractivity contribution >= 4 is 28.7 Å². The average molecular weight is 365 g/mol. The fourth-order valence-corrected chi connectivity index (χ4v) is 3.13. The summed E-state index contributed by atoms with van der Waals surface area (Å²) < 4.78 is 18.6. The number of imidazole rings is 1. The van der Waals surface area contributed by atoms with Crippen molar-refractivity contribution in [2.24, 2.45) is 5.92 Å². The van der Waals surface area contributed by atoms with Crippen LogP contribution in [-0.4, -0.2) is 50.9 Å². The lowest BCUT2D eigenvalue weighted by molar-refractivity contribution is -0.152. The summed E-state index contributed by atoms with van der Waals surface area (Å²) in [6.07, 6.45) is 6.77. The van der Waals surface area contributed by atoms with Crippen LogP contribution in [0.1, 0.15) is 20.1 Å². The Hall–Kier alpha value is -2.21. The lowest BCUT2D eigenvalue weighted by Gasteiger charge is -2.20. The quantitative estimate of drug-likeness (QED) is 0.344. The Balaban J connectivity index is 1.89. The zero-order valence-corrected chi connectivity index (χ0v) is 14.5. The largest absolute Gasteiger partial charge is 0.459 e. The lowest BCUT2D eigenvalue weighted by Crippen LogP contribution is -2.34. The first-order chi connectivity index (χ1) is 12.0. The van der Waals surface area contributed by atoms with Crippen LogP contribution in [0.15, 0.2) is 12.7 Å². The molecule has 0 aliphatic carbocycles. The molecule has 3 rings (SSSR count). The Labute approximate surface area is 149 Å². The number of fused-ring (bicyclic) bond motifs is 1. The molecular formula is C16H17ClN4O4. The van der Waals surface area contributed by atoms with Gasteiger partial charge in [0.2, 0.25) is 0 Å². The van der Waals surface area contributed by atoms with E-state index in [2.05, 4.69) is 20.9 Å². The molecule has 2 aromatic rings. The van der Waals surface area contributed by atoms with Gasteiger partial charge in [0.25, 0.3) is 0 Å². The molecule has 1 aliphatic rings. The third-order valence-electron chi connectivity index (χ3n) is 4.01. The molecule has 0 spiro atoms. The summed E-state index contributed by atoms with van der Waals surface area (Å²) in [6, 6.07) is 0. The number of terminal acetylenes is 1. The normalized spacial score (nSPS) is 25.8. The number of hydrogen-bond donors (Lipinski definition) is 0. The predicted molar refractivity (Wildman–Crippen MR) is 88.6 cm³/mol. The minimum absolute atomic E-state index is 0.155. The Morgan fingerprint density at radius 1 is 1.48 bits per heavy atom. The van der Waals surface area contributed by atoms with Gasteiger partial charge in [0.15, 0.2) is 10.8 Å². The minimum Gasteiger partial charge on any atom is -0.459 e. The highest BCUT2D eigenvalue weighted by atomic mass is 35.5. The predicted octanol–water partition coefficient (Wildman–Crippen LogP) is 1.59. The zero-order chi connectivity index (χ0) is 18.0. The molecule has 1 aliphatic heterocycles. The van der Waals surface area contributed by atoms with Gasteiger partial charge < -0.3 is 14.2 Å². The number of aromatic nitrogens is 4. The van der Waals surface area contributed by atoms with Gasteiger partial charge >= 0.3 is 5.97 Å². The van der Waals surface area contributed by atoms with E-state index in [0.29, 0.717) is 11.2 Å². The highest BCUT2D eigenvalue weighted by Gasteiger charge is 2.45. The van der Waals surface area contributed by atoms with Gasteiger partial charge in [-0.3, -0.25) is 9.36 Å². The van der Waals surface area contributed by atoms with Crippen LogP contribution in [0, 0.1) is 18.3 Å². The second-order valence-electron chi connectivity index (χ2n) is 5.71. The maximum Gasteiger partial charge on any atom is 0.303 e. The summed E-state index contributed by atoms with van der Waals surface area (Å²) in [6.45, 7) is 3.65. The number of carbonyl (C=O) groups excluding carboxylic acids is 1. The molecule has 1 fully saturated rings. The van der Waals surface area contributed by atoms with Gasteiger partial charge in [-0.25, -0.2) is 15.0 Å². The van der Waals surface area contributed by atoms with Crippen molar-refractivity contribution in [3.8, 4) is 12.3 Å². The fourth-order valence-electron chi connectivity index (χ4n) is 2.95. The molecule has 2 aromatic heterocycles. The number of rotatable bonds is 5.